The Bertz CT molecular complexity index is 983. The molecule has 1 aliphatic heterocycles. The fraction of sp³-hybridized carbons (Fsp3) is 0.300. The van der Waals surface area contributed by atoms with Gasteiger partial charge in [-0.1, -0.05) is 17.7 Å². The first-order valence-corrected chi connectivity index (χ1v) is 9.71. The molecule has 1 saturated heterocycles. The molecule has 8 nitrogen and oxygen atoms in total. The van der Waals surface area contributed by atoms with E-state index in [9.17, 15) is 4.79 Å². The quantitative estimate of drug-likeness (QED) is 0.640. The average Bonchev–Trinajstić information content (AvgIpc) is 3.22. The highest BCUT2D eigenvalue weighted by Gasteiger charge is 2.24. The number of hydrogen-bond donors (Lipinski definition) is 0. The maximum atomic E-state index is 12.8. The van der Waals surface area contributed by atoms with Crippen molar-refractivity contribution in [3.63, 3.8) is 0 Å². The van der Waals surface area contributed by atoms with Crippen molar-refractivity contribution in [3.05, 3.63) is 64.9 Å². The zero-order valence-electron chi connectivity index (χ0n) is 16.0. The first-order valence-electron chi connectivity index (χ1n) is 9.33. The number of methoxy groups -OCH3 is 1. The van der Waals surface area contributed by atoms with Crippen LogP contribution in [-0.2, 0) is 6.54 Å². The van der Waals surface area contributed by atoms with Crippen LogP contribution in [0.25, 0.3) is 5.69 Å². The maximum absolute atomic E-state index is 12.8. The van der Waals surface area contributed by atoms with Crippen LogP contribution >= 0.6 is 11.6 Å². The van der Waals surface area contributed by atoms with Gasteiger partial charge in [-0.3, -0.25) is 9.69 Å². The summed E-state index contributed by atoms with van der Waals surface area (Å²) in [4.78, 5) is 16.9. The lowest BCUT2D eigenvalue weighted by Crippen LogP contribution is -2.48. The molecule has 3 aromatic rings. The van der Waals surface area contributed by atoms with Gasteiger partial charge in [0, 0.05) is 36.8 Å². The largest absolute Gasteiger partial charge is 0.497 e. The molecule has 2 aromatic carbocycles. The van der Waals surface area contributed by atoms with E-state index in [2.05, 4.69) is 20.4 Å². The fourth-order valence-corrected chi connectivity index (χ4v) is 3.46. The van der Waals surface area contributed by atoms with E-state index < -0.39 is 0 Å². The predicted molar refractivity (Wildman–Crippen MR) is 108 cm³/mol. The highest BCUT2D eigenvalue weighted by Crippen LogP contribution is 2.17. The number of tetrazole rings is 1. The Morgan fingerprint density at radius 3 is 2.59 bits per heavy atom. The zero-order chi connectivity index (χ0) is 20.2. The number of piperazine rings is 1. The minimum absolute atomic E-state index is 0.0227. The molecule has 0 atom stereocenters. The van der Waals surface area contributed by atoms with Crippen LogP contribution in [0.15, 0.2) is 48.5 Å². The minimum atomic E-state index is 0.0227. The van der Waals surface area contributed by atoms with Crippen molar-refractivity contribution in [2.45, 2.75) is 6.54 Å². The molecule has 9 heteroatoms. The molecule has 0 bridgehead atoms. The van der Waals surface area contributed by atoms with Crippen LogP contribution in [0.4, 0.5) is 0 Å². The number of aromatic nitrogens is 4. The van der Waals surface area contributed by atoms with Crippen molar-refractivity contribution in [2.75, 3.05) is 33.3 Å². The van der Waals surface area contributed by atoms with E-state index in [1.54, 1.807) is 17.9 Å². The first kappa shape index (κ1) is 19.4. The second kappa shape index (κ2) is 8.59. The lowest BCUT2D eigenvalue weighted by atomic mass is 10.1. The van der Waals surface area contributed by atoms with Gasteiger partial charge in [0.2, 0.25) is 0 Å². The van der Waals surface area contributed by atoms with Gasteiger partial charge in [-0.2, -0.15) is 4.68 Å². The summed E-state index contributed by atoms with van der Waals surface area (Å²) in [5, 5.41) is 12.7. The molecule has 1 amide bonds. The SMILES string of the molecule is COc1cccc(C(=O)N2CCN(Cc3nnnn3-c3ccc(Cl)cc3)CC2)c1. The maximum Gasteiger partial charge on any atom is 0.254 e. The van der Waals surface area contributed by atoms with Crippen LogP contribution in [0, 0.1) is 0 Å². The molecule has 0 aliphatic carbocycles. The number of halogens is 1. The van der Waals surface area contributed by atoms with Gasteiger partial charge < -0.3 is 9.64 Å². The van der Waals surface area contributed by atoms with E-state index in [-0.39, 0.29) is 5.91 Å². The molecule has 0 N–H and O–H groups in total. The number of benzene rings is 2. The van der Waals surface area contributed by atoms with Gasteiger partial charge in [0.25, 0.3) is 5.91 Å². The van der Waals surface area contributed by atoms with Gasteiger partial charge in [0.1, 0.15) is 5.75 Å². The predicted octanol–water partition coefficient (Wildman–Crippen LogP) is 2.28. The first-order chi connectivity index (χ1) is 14.1. The summed E-state index contributed by atoms with van der Waals surface area (Å²) in [5.41, 5.74) is 1.51. The Labute approximate surface area is 173 Å². The van der Waals surface area contributed by atoms with Crippen molar-refractivity contribution >= 4 is 17.5 Å². The van der Waals surface area contributed by atoms with Crippen LogP contribution in [0.3, 0.4) is 0 Å². The van der Waals surface area contributed by atoms with Gasteiger partial charge >= 0.3 is 0 Å². The van der Waals surface area contributed by atoms with Gasteiger partial charge in [-0.25, -0.2) is 0 Å². The van der Waals surface area contributed by atoms with Crippen LogP contribution < -0.4 is 4.74 Å². The molecule has 1 fully saturated rings. The van der Waals surface area contributed by atoms with Gasteiger partial charge in [-0.15, -0.1) is 5.10 Å². The molecular weight excluding hydrogens is 392 g/mol. The van der Waals surface area contributed by atoms with Crippen LogP contribution in [-0.4, -0.2) is 69.2 Å². The summed E-state index contributed by atoms with van der Waals surface area (Å²) in [6.45, 7) is 3.42. The molecule has 0 saturated carbocycles. The van der Waals surface area contributed by atoms with E-state index in [1.807, 2.05) is 47.4 Å². The molecule has 0 spiro atoms. The third-order valence-corrected chi connectivity index (χ3v) is 5.20. The van der Waals surface area contributed by atoms with Crippen molar-refractivity contribution in [3.8, 4) is 11.4 Å². The van der Waals surface area contributed by atoms with E-state index in [1.165, 1.54) is 0 Å². The molecule has 4 rings (SSSR count). The van der Waals surface area contributed by atoms with Crippen molar-refractivity contribution in [2.24, 2.45) is 0 Å². The normalized spacial score (nSPS) is 14.8. The number of carbonyl (C=O) groups is 1. The average molecular weight is 413 g/mol. The van der Waals surface area contributed by atoms with E-state index >= 15 is 0 Å². The summed E-state index contributed by atoms with van der Waals surface area (Å²) in [5.74, 6) is 1.46. The number of nitrogens with zero attached hydrogens (tertiary/aromatic N) is 6. The molecule has 2 heterocycles. The number of ether oxygens (including phenoxy) is 1. The Balaban J connectivity index is 1.38. The molecule has 29 heavy (non-hydrogen) atoms. The standard InChI is InChI=1S/C20H21ClN6O2/c1-29-18-4-2-3-15(13-18)20(28)26-11-9-25(10-12-26)14-19-22-23-24-27(19)17-7-5-16(21)6-8-17/h2-8,13H,9-12,14H2,1H3. The number of hydrogen-bond acceptors (Lipinski definition) is 6. The van der Waals surface area contributed by atoms with E-state index in [0.717, 1.165) is 24.6 Å². The molecule has 0 radical (unpaired) electrons. The monoisotopic (exact) mass is 412 g/mol. The zero-order valence-corrected chi connectivity index (χ0v) is 16.8. The molecule has 1 aromatic heterocycles. The third-order valence-electron chi connectivity index (χ3n) is 4.95. The Kier molecular flexibility index (Phi) is 5.73. The Morgan fingerprint density at radius 2 is 1.86 bits per heavy atom. The smallest absolute Gasteiger partial charge is 0.254 e. The molecular formula is C20H21ClN6O2. The van der Waals surface area contributed by atoms with Crippen LogP contribution in [0.5, 0.6) is 5.75 Å². The topological polar surface area (TPSA) is 76.4 Å². The second-order valence-electron chi connectivity index (χ2n) is 6.78. The van der Waals surface area contributed by atoms with Gasteiger partial charge in [0.15, 0.2) is 5.82 Å². The second-order valence-corrected chi connectivity index (χ2v) is 7.22. The van der Waals surface area contributed by atoms with Crippen molar-refractivity contribution in [1.29, 1.82) is 0 Å². The fourth-order valence-electron chi connectivity index (χ4n) is 3.33. The molecule has 0 unspecified atom stereocenters. The molecule has 1 aliphatic rings. The number of amides is 1. The summed E-state index contributed by atoms with van der Waals surface area (Å²) in [6.07, 6.45) is 0. The Hall–Kier alpha value is -2.97. The number of rotatable bonds is 5. The van der Waals surface area contributed by atoms with Gasteiger partial charge in [-0.05, 0) is 52.9 Å². The third kappa shape index (κ3) is 4.38. The lowest BCUT2D eigenvalue weighted by molar-refractivity contribution is 0.0624. The highest BCUT2D eigenvalue weighted by molar-refractivity contribution is 6.30. The van der Waals surface area contributed by atoms with Gasteiger partial charge in [0.05, 0.1) is 19.3 Å². The van der Waals surface area contributed by atoms with Crippen molar-refractivity contribution < 1.29 is 9.53 Å². The summed E-state index contributed by atoms with van der Waals surface area (Å²) in [7, 11) is 1.60. The Morgan fingerprint density at radius 1 is 1.10 bits per heavy atom. The summed E-state index contributed by atoms with van der Waals surface area (Å²) >= 11 is 5.96. The van der Waals surface area contributed by atoms with E-state index in [4.69, 9.17) is 16.3 Å². The van der Waals surface area contributed by atoms with Crippen LogP contribution in [0.2, 0.25) is 5.02 Å². The highest BCUT2D eigenvalue weighted by atomic mass is 35.5. The van der Waals surface area contributed by atoms with Crippen LogP contribution in [0.1, 0.15) is 16.2 Å². The lowest BCUT2D eigenvalue weighted by Gasteiger charge is -2.34. The molecule has 150 valence electrons. The van der Waals surface area contributed by atoms with Crippen molar-refractivity contribution in [1.82, 2.24) is 30.0 Å². The summed E-state index contributed by atoms with van der Waals surface area (Å²) in [6, 6.07) is 14.6. The summed E-state index contributed by atoms with van der Waals surface area (Å²) < 4.78 is 6.93. The minimum Gasteiger partial charge on any atom is -0.497 e. The number of carbonyl (C=O) groups excluding carboxylic acids is 1. The van der Waals surface area contributed by atoms with E-state index in [0.29, 0.717) is 36.0 Å².